The lowest BCUT2D eigenvalue weighted by Crippen LogP contribution is -2.63. The van der Waals surface area contributed by atoms with Gasteiger partial charge >= 0.3 is 0 Å². The zero-order chi connectivity index (χ0) is 19.9. The van der Waals surface area contributed by atoms with Crippen molar-refractivity contribution in [2.45, 2.75) is 79.6 Å². The van der Waals surface area contributed by atoms with E-state index in [-0.39, 0.29) is 19.7 Å². The lowest BCUT2D eigenvalue weighted by atomic mass is 10.4. The lowest BCUT2D eigenvalue weighted by molar-refractivity contribution is 0.191. The number of halogens is 3. The van der Waals surface area contributed by atoms with E-state index in [0.29, 0.717) is 18.1 Å². The molecule has 1 fully saturated rings. The van der Waals surface area contributed by atoms with Crippen LogP contribution in [0.25, 0.3) is 0 Å². The van der Waals surface area contributed by atoms with Gasteiger partial charge in [-0.1, -0.05) is 55.4 Å². The van der Waals surface area contributed by atoms with Gasteiger partial charge in [0.1, 0.15) is 0 Å². The predicted octanol–water partition coefficient (Wildman–Crippen LogP) is 1.76. The SMILES string of the molecule is CC(C)N.CC(C)N1CN(C(C)C)[SiH2]N(C(C)C)[SiH2]1.CCl.Cl[SiH2]Cl. The molecule has 150 valence electrons. The van der Waals surface area contributed by atoms with Crippen LogP contribution >= 0.6 is 33.8 Å². The first-order valence-electron chi connectivity index (χ1n) is 8.54. The molecule has 0 aromatic rings. The standard InChI is InChI=1S/C10H27N3Si2.C3H9N.CH3Cl.Cl2H2Si/c1-8(2)11-7-12(9(3)4)15-13(14-11)10(5)6;1-3(2)4;1-2;1-3-2/h8-10H,7,14-15H2,1-6H3;3H,4H2,1-2H3;1H3;3H2. The summed E-state index contributed by atoms with van der Waals surface area (Å²) in [4.78, 5) is 0. The second kappa shape index (κ2) is 19.1. The fourth-order valence-electron chi connectivity index (χ4n) is 1.81. The minimum absolute atomic E-state index is 0.136. The Morgan fingerprint density at radius 1 is 0.792 bits per heavy atom. The normalized spacial score (nSPS) is 18.4. The monoisotopic (exact) mass is 454 g/mol. The van der Waals surface area contributed by atoms with Crippen LogP contribution < -0.4 is 5.73 Å². The number of hydrogen-bond acceptors (Lipinski definition) is 4. The van der Waals surface area contributed by atoms with Crippen LogP contribution in [-0.4, -0.2) is 78.4 Å². The van der Waals surface area contributed by atoms with E-state index in [0.717, 1.165) is 6.04 Å². The van der Waals surface area contributed by atoms with Crippen molar-refractivity contribution in [2.24, 2.45) is 5.73 Å². The Morgan fingerprint density at radius 2 is 1.04 bits per heavy atom. The third kappa shape index (κ3) is 18.2. The molecule has 0 radical (unpaired) electrons. The molecule has 0 aliphatic carbocycles. The van der Waals surface area contributed by atoms with Crippen LogP contribution in [0.1, 0.15) is 55.4 Å². The zero-order valence-corrected chi connectivity index (χ0v) is 23.7. The van der Waals surface area contributed by atoms with Gasteiger partial charge in [0, 0.05) is 13.1 Å². The summed E-state index contributed by atoms with van der Waals surface area (Å²) < 4.78 is 8.22. The van der Waals surface area contributed by atoms with Crippen LogP contribution in [0.3, 0.4) is 0 Å². The summed E-state index contributed by atoms with van der Waals surface area (Å²) in [5, 5.41) is 0. The second-order valence-corrected chi connectivity index (χ2v) is 14.2. The van der Waals surface area contributed by atoms with Gasteiger partial charge in [-0.3, -0.25) is 0 Å². The summed E-state index contributed by atoms with van der Waals surface area (Å²) in [5.41, 5.74) is 5.11. The van der Waals surface area contributed by atoms with E-state index < -0.39 is 8.14 Å². The van der Waals surface area contributed by atoms with Gasteiger partial charge in [0.25, 0.3) is 0 Å². The maximum Gasteiger partial charge on any atom is 0.222 e. The van der Waals surface area contributed by atoms with E-state index in [1.54, 1.807) is 0 Å². The first kappa shape index (κ1) is 30.1. The van der Waals surface area contributed by atoms with E-state index in [2.05, 4.69) is 66.5 Å². The van der Waals surface area contributed by atoms with Crippen LogP contribution in [0.4, 0.5) is 0 Å². The summed E-state index contributed by atoms with van der Waals surface area (Å²) in [6.07, 6.45) is 1.47. The quantitative estimate of drug-likeness (QED) is 0.399. The Bertz CT molecular complexity index is 221. The van der Waals surface area contributed by atoms with Crippen molar-refractivity contribution in [1.29, 1.82) is 0 Å². The molecule has 0 aromatic heterocycles. The Labute approximate surface area is 172 Å². The molecule has 0 aromatic carbocycles. The van der Waals surface area contributed by atoms with Crippen molar-refractivity contribution >= 4 is 61.6 Å². The molecule has 1 rings (SSSR count). The zero-order valence-electron chi connectivity index (χ0n) is 17.2. The van der Waals surface area contributed by atoms with Gasteiger partial charge in [0.15, 0.2) is 19.7 Å². The molecule has 1 aliphatic rings. The lowest BCUT2D eigenvalue weighted by Gasteiger charge is -2.47. The molecule has 1 heterocycles. The highest BCUT2D eigenvalue weighted by atomic mass is 35.7. The smallest absolute Gasteiger partial charge is 0.222 e. The van der Waals surface area contributed by atoms with Gasteiger partial charge in [0.2, 0.25) is 8.14 Å². The minimum Gasteiger partial charge on any atom is -0.329 e. The molecule has 10 heteroatoms. The molecule has 24 heavy (non-hydrogen) atoms. The summed E-state index contributed by atoms with van der Waals surface area (Å²) in [6.45, 7) is 19.1. The van der Waals surface area contributed by atoms with Gasteiger partial charge in [-0.2, -0.15) is 22.2 Å². The molecule has 0 atom stereocenters. The van der Waals surface area contributed by atoms with Crippen LogP contribution in [0, 0.1) is 0 Å². The average Bonchev–Trinajstić information content (AvgIpc) is 2.48. The summed E-state index contributed by atoms with van der Waals surface area (Å²) in [6, 6.07) is 2.52. The number of hydrogen-bond donors (Lipinski definition) is 1. The number of alkyl halides is 1. The average molecular weight is 456 g/mol. The minimum atomic E-state index is -0.639. The van der Waals surface area contributed by atoms with Crippen molar-refractivity contribution in [3.63, 3.8) is 0 Å². The number of nitrogens with zero attached hydrogens (tertiary/aromatic N) is 3. The molecule has 0 spiro atoms. The Hall–Kier alpha value is 1.36. The fraction of sp³-hybridized carbons (Fsp3) is 1.00. The number of nitrogens with two attached hydrogens (primary N) is 1. The van der Waals surface area contributed by atoms with E-state index in [9.17, 15) is 0 Å². The van der Waals surface area contributed by atoms with Gasteiger partial charge in [-0.05, 0) is 24.2 Å². The highest BCUT2D eigenvalue weighted by molar-refractivity contribution is 7.22. The molecular formula is C14H41Cl3N4Si3. The molecule has 1 aliphatic heterocycles. The summed E-state index contributed by atoms with van der Waals surface area (Å²) in [5.74, 6) is 0. The van der Waals surface area contributed by atoms with E-state index in [1.807, 2.05) is 13.8 Å². The summed E-state index contributed by atoms with van der Waals surface area (Å²) in [7, 11) is -0.910. The van der Waals surface area contributed by atoms with Crippen LogP contribution in [0.5, 0.6) is 0 Å². The first-order valence-corrected chi connectivity index (χ1v) is 16.1. The van der Waals surface area contributed by atoms with Crippen molar-refractivity contribution in [3.05, 3.63) is 0 Å². The third-order valence-corrected chi connectivity index (χ3v) is 9.26. The third-order valence-electron chi connectivity index (χ3n) is 3.28. The summed E-state index contributed by atoms with van der Waals surface area (Å²) >= 11 is 14.4. The predicted molar refractivity (Wildman–Crippen MR) is 124 cm³/mol. The Morgan fingerprint density at radius 3 is 1.21 bits per heavy atom. The van der Waals surface area contributed by atoms with Gasteiger partial charge < -0.3 is 19.1 Å². The first-order chi connectivity index (χ1) is 11.1. The van der Waals surface area contributed by atoms with Crippen molar-refractivity contribution in [3.8, 4) is 0 Å². The van der Waals surface area contributed by atoms with Crippen LogP contribution in [0.2, 0.25) is 0 Å². The molecule has 1 saturated heterocycles. The van der Waals surface area contributed by atoms with Crippen molar-refractivity contribution < 1.29 is 0 Å². The fourth-order valence-corrected chi connectivity index (χ4v) is 6.93. The second-order valence-electron chi connectivity index (χ2n) is 6.82. The Balaban J connectivity index is -0.000000411. The van der Waals surface area contributed by atoms with Gasteiger partial charge in [-0.25, -0.2) is 0 Å². The Kier molecular flexibility index (Phi) is 24.0. The largest absolute Gasteiger partial charge is 0.329 e. The molecule has 0 unspecified atom stereocenters. The number of rotatable bonds is 3. The molecule has 0 amide bonds. The van der Waals surface area contributed by atoms with E-state index >= 15 is 0 Å². The molecule has 2 N–H and O–H groups in total. The van der Waals surface area contributed by atoms with E-state index in [1.165, 1.54) is 13.1 Å². The maximum atomic E-state index is 5.11. The van der Waals surface area contributed by atoms with Gasteiger partial charge in [-0.15, -0.1) is 11.6 Å². The highest BCUT2D eigenvalue weighted by Gasteiger charge is 2.28. The maximum absolute atomic E-state index is 5.11. The highest BCUT2D eigenvalue weighted by Crippen LogP contribution is 2.12. The van der Waals surface area contributed by atoms with Crippen molar-refractivity contribution in [1.82, 2.24) is 13.4 Å². The van der Waals surface area contributed by atoms with Crippen LogP contribution in [-0.2, 0) is 0 Å². The van der Waals surface area contributed by atoms with Gasteiger partial charge in [0.05, 0.1) is 0 Å². The van der Waals surface area contributed by atoms with Crippen molar-refractivity contribution in [2.75, 3.05) is 13.1 Å². The van der Waals surface area contributed by atoms with E-state index in [4.69, 9.17) is 27.9 Å². The molecule has 4 nitrogen and oxygen atoms in total. The topological polar surface area (TPSA) is 35.7 Å². The molecular weight excluding hydrogens is 415 g/mol. The molecule has 0 bridgehead atoms. The van der Waals surface area contributed by atoms with Crippen LogP contribution in [0.15, 0.2) is 0 Å². The molecule has 0 saturated carbocycles.